The lowest BCUT2D eigenvalue weighted by Crippen LogP contribution is -2.48. The molecule has 1 atom stereocenters. The van der Waals surface area contributed by atoms with E-state index in [-0.39, 0.29) is 5.75 Å². The number of piperazine rings is 1. The van der Waals surface area contributed by atoms with Gasteiger partial charge < -0.3 is 10.1 Å². The van der Waals surface area contributed by atoms with Gasteiger partial charge in [0.05, 0.1) is 0 Å². The molecule has 20 heavy (non-hydrogen) atoms. The average molecular weight is 288 g/mol. The van der Waals surface area contributed by atoms with Crippen molar-refractivity contribution in [3.63, 3.8) is 0 Å². The van der Waals surface area contributed by atoms with Crippen LogP contribution < -0.4 is 10.1 Å². The number of benzene rings is 1. The van der Waals surface area contributed by atoms with Gasteiger partial charge in [0.1, 0.15) is 5.75 Å². The Kier molecular flexibility index (Phi) is 4.88. The van der Waals surface area contributed by atoms with E-state index in [1.165, 1.54) is 0 Å². The third-order valence-corrected chi connectivity index (χ3v) is 3.16. The summed E-state index contributed by atoms with van der Waals surface area (Å²) >= 11 is 0. The van der Waals surface area contributed by atoms with Crippen molar-refractivity contribution in [2.45, 2.75) is 25.7 Å². The molecule has 1 fully saturated rings. The lowest BCUT2D eigenvalue weighted by molar-refractivity contribution is -0.153. The molecule has 1 saturated heterocycles. The predicted molar refractivity (Wildman–Crippen MR) is 70.7 cm³/mol. The third kappa shape index (κ3) is 5.02. The number of alkyl halides is 3. The maximum atomic E-state index is 12.1. The molecule has 1 aliphatic rings. The number of hydrogen-bond acceptors (Lipinski definition) is 3. The largest absolute Gasteiger partial charge is 0.484 e. The van der Waals surface area contributed by atoms with Crippen molar-refractivity contribution in [3.8, 4) is 5.75 Å². The zero-order chi connectivity index (χ0) is 14.6. The first-order valence-corrected chi connectivity index (χ1v) is 6.66. The van der Waals surface area contributed by atoms with E-state index >= 15 is 0 Å². The first-order valence-electron chi connectivity index (χ1n) is 6.66. The summed E-state index contributed by atoms with van der Waals surface area (Å²) in [5.74, 6) is 0.267. The molecule has 1 N–H and O–H groups in total. The highest BCUT2D eigenvalue weighted by Gasteiger charge is 2.28. The van der Waals surface area contributed by atoms with Crippen molar-refractivity contribution in [2.24, 2.45) is 0 Å². The zero-order valence-electron chi connectivity index (χ0n) is 11.4. The number of rotatable bonds is 4. The summed E-state index contributed by atoms with van der Waals surface area (Å²) < 4.78 is 41.1. The Balaban J connectivity index is 1.92. The van der Waals surface area contributed by atoms with Crippen molar-refractivity contribution < 1.29 is 17.9 Å². The van der Waals surface area contributed by atoms with Crippen LogP contribution in [0.1, 0.15) is 12.5 Å². The molecule has 1 aromatic rings. The molecular weight excluding hydrogens is 269 g/mol. The summed E-state index contributed by atoms with van der Waals surface area (Å²) in [7, 11) is 0. The molecule has 1 aromatic carbocycles. The van der Waals surface area contributed by atoms with Gasteiger partial charge in [-0.25, -0.2) is 0 Å². The molecule has 1 heterocycles. The van der Waals surface area contributed by atoms with Gasteiger partial charge in [0.15, 0.2) is 6.61 Å². The lowest BCUT2D eigenvalue weighted by Gasteiger charge is -2.31. The van der Waals surface area contributed by atoms with E-state index in [4.69, 9.17) is 4.74 Å². The Hall–Kier alpha value is -1.27. The second-order valence-electron chi connectivity index (χ2n) is 5.14. The van der Waals surface area contributed by atoms with Gasteiger partial charge in [-0.15, -0.1) is 0 Å². The van der Waals surface area contributed by atoms with Crippen LogP contribution in [0.5, 0.6) is 5.75 Å². The van der Waals surface area contributed by atoms with E-state index in [1.54, 1.807) is 18.2 Å². The van der Waals surface area contributed by atoms with Gasteiger partial charge in [-0.2, -0.15) is 13.2 Å². The van der Waals surface area contributed by atoms with Gasteiger partial charge in [-0.3, -0.25) is 4.90 Å². The summed E-state index contributed by atoms with van der Waals surface area (Å²) in [6.45, 7) is 4.42. The van der Waals surface area contributed by atoms with Crippen LogP contribution in [0.3, 0.4) is 0 Å². The molecule has 0 amide bonds. The second-order valence-corrected chi connectivity index (χ2v) is 5.14. The average Bonchev–Trinajstić information content (AvgIpc) is 2.36. The normalized spacial score (nSPS) is 20.9. The number of nitrogens with one attached hydrogen (secondary N) is 1. The van der Waals surface area contributed by atoms with Gasteiger partial charge in [0.25, 0.3) is 0 Å². The molecule has 0 radical (unpaired) electrons. The van der Waals surface area contributed by atoms with Crippen molar-refractivity contribution in [1.82, 2.24) is 10.2 Å². The smallest absolute Gasteiger partial charge is 0.422 e. The van der Waals surface area contributed by atoms with Crippen LogP contribution in [0.15, 0.2) is 24.3 Å². The summed E-state index contributed by atoms with van der Waals surface area (Å²) in [6.07, 6.45) is -4.30. The molecule has 3 nitrogen and oxygen atoms in total. The van der Waals surface area contributed by atoms with Crippen molar-refractivity contribution in [2.75, 3.05) is 26.2 Å². The maximum absolute atomic E-state index is 12.1. The van der Waals surface area contributed by atoms with E-state index in [9.17, 15) is 13.2 Å². The van der Waals surface area contributed by atoms with E-state index < -0.39 is 12.8 Å². The van der Waals surface area contributed by atoms with Gasteiger partial charge >= 0.3 is 6.18 Å². The Morgan fingerprint density at radius 2 is 2.20 bits per heavy atom. The van der Waals surface area contributed by atoms with Crippen LogP contribution in [0, 0.1) is 0 Å². The molecule has 1 aliphatic heterocycles. The van der Waals surface area contributed by atoms with Gasteiger partial charge in [-0.05, 0) is 24.6 Å². The second kappa shape index (κ2) is 6.45. The number of halogens is 3. The van der Waals surface area contributed by atoms with Gasteiger partial charge in [-0.1, -0.05) is 12.1 Å². The number of nitrogens with zero attached hydrogens (tertiary/aromatic N) is 1. The maximum Gasteiger partial charge on any atom is 0.422 e. The Labute approximate surface area is 116 Å². The zero-order valence-corrected chi connectivity index (χ0v) is 11.4. The first-order chi connectivity index (χ1) is 9.42. The molecule has 2 rings (SSSR count). The molecule has 0 spiro atoms. The van der Waals surface area contributed by atoms with Gasteiger partial charge in [0, 0.05) is 32.2 Å². The highest BCUT2D eigenvalue weighted by molar-refractivity contribution is 5.28. The highest BCUT2D eigenvalue weighted by Crippen LogP contribution is 2.20. The van der Waals surface area contributed by atoms with Gasteiger partial charge in [0.2, 0.25) is 0 Å². The molecule has 0 aliphatic carbocycles. The first kappa shape index (κ1) is 15.1. The van der Waals surface area contributed by atoms with Crippen molar-refractivity contribution >= 4 is 0 Å². The Bertz CT molecular complexity index is 437. The van der Waals surface area contributed by atoms with E-state index in [0.717, 1.165) is 31.7 Å². The fraction of sp³-hybridized carbons (Fsp3) is 0.571. The van der Waals surface area contributed by atoms with Crippen LogP contribution in [0.25, 0.3) is 0 Å². The molecule has 1 unspecified atom stereocenters. The molecule has 112 valence electrons. The summed E-state index contributed by atoms with van der Waals surface area (Å²) in [5.41, 5.74) is 0.971. The molecular formula is C14H19F3N2O. The minimum absolute atomic E-state index is 0.267. The van der Waals surface area contributed by atoms with Crippen LogP contribution in [-0.2, 0) is 6.54 Å². The minimum atomic E-state index is -4.30. The third-order valence-electron chi connectivity index (χ3n) is 3.16. The number of ether oxygens (including phenoxy) is 1. The molecule has 0 bridgehead atoms. The molecule has 6 heteroatoms. The predicted octanol–water partition coefficient (Wildman–Crippen LogP) is 2.42. The van der Waals surface area contributed by atoms with Crippen LogP contribution >= 0.6 is 0 Å². The Morgan fingerprint density at radius 1 is 1.40 bits per heavy atom. The summed E-state index contributed by atoms with van der Waals surface area (Å²) in [5, 5.41) is 3.35. The van der Waals surface area contributed by atoms with E-state index in [0.29, 0.717) is 6.04 Å². The fourth-order valence-electron chi connectivity index (χ4n) is 2.31. The van der Waals surface area contributed by atoms with Crippen LogP contribution in [0.2, 0.25) is 0 Å². The van der Waals surface area contributed by atoms with E-state index in [2.05, 4.69) is 17.1 Å². The lowest BCUT2D eigenvalue weighted by atomic mass is 10.1. The SMILES string of the molecule is CC1CN(Cc2cccc(OCC(F)(F)F)c2)CCN1. The van der Waals surface area contributed by atoms with Crippen molar-refractivity contribution in [3.05, 3.63) is 29.8 Å². The summed E-state index contributed by atoms with van der Waals surface area (Å²) in [4.78, 5) is 2.28. The minimum Gasteiger partial charge on any atom is -0.484 e. The fourth-order valence-corrected chi connectivity index (χ4v) is 2.31. The van der Waals surface area contributed by atoms with Crippen LogP contribution in [0.4, 0.5) is 13.2 Å². The highest BCUT2D eigenvalue weighted by atomic mass is 19.4. The summed E-state index contributed by atoms with van der Waals surface area (Å²) in [6, 6.07) is 7.31. The topological polar surface area (TPSA) is 24.5 Å². The molecule has 0 saturated carbocycles. The van der Waals surface area contributed by atoms with Crippen molar-refractivity contribution in [1.29, 1.82) is 0 Å². The van der Waals surface area contributed by atoms with E-state index in [1.807, 2.05) is 6.07 Å². The standard InChI is InChI=1S/C14H19F3N2O/c1-11-8-19(6-5-18-11)9-12-3-2-4-13(7-12)20-10-14(15,16)17/h2-4,7,11,18H,5-6,8-10H2,1H3. The monoisotopic (exact) mass is 288 g/mol. The van der Waals surface area contributed by atoms with Crippen LogP contribution in [-0.4, -0.2) is 43.4 Å². The molecule has 0 aromatic heterocycles. The Morgan fingerprint density at radius 3 is 2.90 bits per heavy atom. The number of hydrogen-bond donors (Lipinski definition) is 1. The quantitative estimate of drug-likeness (QED) is 0.921.